The molecule has 1 aromatic carbocycles. The standard InChI is InChI=1S/C20H35FN4O/c1-6-22-20(23-13-9-10-14-25(5)16(2)3)24-15-17(4)26-19-12-8-7-11-18(19)21/h7-8,11-12,16-17H,6,9-10,13-15H2,1-5H3,(H2,22,23,24). The van der Waals surface area contributed by atoms with E-state index in [0.717, 1.165) is 38.4 Å². The van der Waals surface area contributed by atoms with Crippen molar-refractivity contribution in [3.05, 3.63) is 30.1 Å². The number of ether oxygens (including phenoxy) is 1. The molecule has 0 aromatic heterocycles. The Balaban J connectivity index is 2.36. The van der Waals surface area contributed by atoms with Gasteiger partial charge in [-0.05, 0) is 66.3 Å². The maximum absolute atomic E-state index is 13.6. The molecule has 0 fully saturated rings. The van der Waals surface area contributed by atoms with Gasteiger partial charge in [0.15, 0.2) is 17.5 Å². The van der Waals surface area contributed by atoms with Crippen molar-refractivity contribution in [2.24, 2.45) is 4.99 Å². The van der Waals surface area contributed by atoms with Gasteiger partial charge in [0, 0.05) is 19.1 Å². The number of nitrogens with one attached hydrogen (secondary N) is 2. The zero-order chi connectivity index (χ0) is 19.4. The Hall–Kier alpha value is -1.82. The van der Waals surface area contributed by atoms with Crippen LogP contribution in [0.15, 0.2) is 29.3 Å². The summed E-state index contributed by atoms with van der Waals surface area (Å²) in [4.78, 5) is 6.88. The van der Waals surface area contributed by atoms with Crippen molar-refractivity contribution in [3.8, 4) is 5.75 Å². The van der Waals surface area contributed by atoms with Gasteiger partial charge >= 0.3 is 0 Å². The monoisotopic (exact) mass is 366 g/mol. The number of para-hydroxylation sites is 1. The molecule has 6 heteroatoms. The van der Waals surface area contributed by atoms with Gasteiger partial charge in [-0.15, -0.1) is 0 Å². The maximum atomic E-state index is 13.6. The van der Waals surface area contributed by atoms with Gasteiger partial charge in [-0.25, -0.2) is 9.38 Å². The number of halogens is 1. The summed E-state index contributed by atoms with van der Waals surface area (Å²) in [6.07, 6.45) is 2.03. The van der Waals surface area contributed by atoms with Gasteiger partial charge in [0.2, 0.25) is 0 Å². The molecule has 5 nitrogen and oxygen atoms in total. The number of guanidine groups is 1. The SMILES string of the molecule is CCNC(=NCC(C)Oc1ccccc1F)NCCCCN(C)C(C)C. The lowest BCUT2D eigenvalue weighted by Crippen LogP contribution is -2.38. The molecule has 1 rings (SSSR count). The fraction of sp³-hybridized carbons (Fsp3) is 0.650. The summed E-state index contributed by atoms with van der Waals surface area (Å²) in [5, 5.41) is 6.57. The maximum Gasteiger partial charge on any atom is 0.191 e. The van der Waals surface area contributed by atoms with E-state index in [-0.39, 0.29) is 17.7 Å². The Morgan fingerprint density at radius 3 is 2.58 bits per heavy atom. The average molecular weight is 367 g/mol. The minimum absolute atomic E-state index is 0.206. The summed E-state index contributed by atoms with van der Waals surface area (Å²) < 4.78 is 19.2. The van der Waals surface area contributed by atoms with Crippen LogP contribution in [0.4, 0.5) is 4.39 Å². The fourth-order valence-corrected chi connectivity index (χ4v) is 2.31. The first kappa shape index (κ1) is 22.2. The molecule has 0 saturated carbocycles. The Kier molecular flexibility index (Phi) is 10.7. The third-order valence-corrected chi connectivity index (χ3v) is 4.13. The highest BCUT2D eigenvalue weighted by Crippen LogP contribution is 2.16. The zero-order valence-electron chi connectivity index (χ0n) is 16.9. The number of hydrogen-bond donors (Lipinski definition) is 2. The van der Waals surface area contributed by atoms with E-state index < -0.39 is 0 Å². The number of hydrogen-bond acceptors (Lipinski definition) is 3. The first-order valence-electron chi connectivity index (χ1n) is 9.57. The summed E-state index contributed by atoms with van der Waals surface area (Å²) in [7, 11) is 2.15. The molecule has 0 aliphatic carbocycles. The predicted molar refractivity (Wildman–Crippen MR) is 107 cm³/mol. The van der Waals surface area contributed by atoms with Crippen LogP contribution >= 0.6 is 0 Å². The van der Waals surface area contributed by atoms with Crippen LogP contribution in [0.2, 0.25) is 0 Å². The van der Waals surface area contributed by atoms with Gasteiger partial charge in [0.05, 0.1) is 6.54 Å². The molecule has 0 heterocycles. The highest BCUT2D eigenvalue weighted by atomic mass is 19.1. The van der Waals surface area contributed by atoms with E-state index in [2.05, 4.69) is 41.4 Å². The van der Waals surface area contributed by atoms with Crippen LogP contribution in [0, 0.1) is 5.82 Å². The Morgan fingerprint density at radius 2 is 1.92 bits per heavy atom. The lowest BCUT2D eigenvalue weighted by Gasteiger charge is -2.20. The topological polar surface area (TPSA) is 48.9 Å². The zero-order valence-corrected chi connectivity index (χ0v) is 16.9. The lowest BCUT2D eigenvalue weighted by atomic mass is 10.2. The van der Waals surface area contributed by atoms with Crippen LogP contribution in [-0.4, -0.2) is 56.2 Å². The van der Waals surface area contributed by atoms with Crippen LogP contribution < -0.4 is 15.4 Å². The first-order chi connectivity index (χ1) is 12.4. The fourth-order valence-electron chi connectivity index (χ4n) is 2.31. The molecule has 0 aliphatic heterocycles. The van der Waals surface area contributed by atoms with E-state index in [1.54, 1.807) is 18.2 Å². The molecule has 1 aromatic rings. The average Bonchev–Trinajstić information content (AvgIpc) is 2.61. The number of rotatable bonds is 11. The summed E-state index contributed by atoms with van der Waals surface area (Å²) in [6, 6.07) is 7.02. The number of nitrogens with zero attached hydrogens (tertiary/aromatic N) is 2. The van der Waals surface area contributed by atoms with Gasteiger partial charge in [0.1, 0.15) is 6.10 Å². The Labute approximate surface area is 158 Å². The third kappa shape index (κ3) is 9.04. The quantitative estimate of drug-likeness (QED) is 0.358. The van der Waals surface area contributed by atoms with Gasteiger partial charge in [0.25, 0.3) is 0 Å². The van der Waals surface area contributed by atoms with Gasteiger partial charge < -0.3 is 20.3 Å². The molecule has 0 bridgehead atoms. The van der Waals surface area contributed by atoms with Crippen molar-refractivity contribution in [3.63, 3.8) is 0 Å². The van der Waals surface area contributed by atoms with E-state index >= 15 is 0 Å². The van der Waals surface area contributed by atoms with Gasteiger partial charge in [-0.3, -0.25) is 0 Å². The second-order valence-electron chi connectivity index (χ2n) is 6.79. The molecular formula is C20H35FN4O. The van der Waals surface area contributed by atoms with E-state index in [1.165, 1.54) is 6.07 Å². The van der Waals surface area contributed by atoms with Crippen molar-refractivity contribution < 1.29 is 9.13 Å². The van der Waals surface area contributed by atoms with E-state index in [0.29, 0.717) is 12.6 Å². The minimum Gasteiger partial charge on any atom is -0.486 e. The van der Waals surface area contributed by atoms with Crippen LogP contribution in [-0.2, 0) is 0 Å². The number of aliphatic imine (C=N–C) groups is 1. The molecule has 0 radical (unpaired) electrons. The number of benzene rings is 1. The summed E-state index contributed by atoms with van der Waals surface area (Å²) in [5.74, 6) is 0.691. The molecule has 0 amide bonds. The van der Waals surface area contributed by atoms with Crippen LogP contribution in [0.5, 0.6) is 5.75 Å². The second-order valence-corrected chi connectivity index (χ2v) is 6.79. The van der Waals surface area contributed by atoms with Crippen LogP contribution in [0.3, 0.4) is 0 Å². The van der Waals surface area contributed by atoms with Crippen molar-refractivity contribution in [2.45, 2.75) is 52.7 Å². The molecule has 26 heavy (non-hydrogen) atoms. The molecule has 0 spiro atoms. The van der Waals surface area contributed by atoms with Crippen molar-refractivity contribution in [2.75, 3.05) is 33.2 Å². The predicted octanol–water partition coefficient (Wildman–Crippen LogP) is 3.27. The molecule has 2 N–H and O–H groups in total. The summed E-state index contributed by atoms with van der Waals surface area (Å²) >= 11 is 0. The normalized spacial score (nSPS) is 13.2. The summed E-state index contributed by atoms with van der Waals surface area (Å²) in [5.41, 5.74) is 0. The first-order valence-corrected chi connectivity index (χ1v) is 9.57. The highest BCUT2D eigenvalue weighted by Gasteiger charge is 2.08. The highest BCUT2D eigenvalue weighted by molar-refractivity contribution is 5.79. The van der Waals surface area contributed by atoms with Gasteiger partial charge in [-0.2, -0.15) is 0 Å². The third-order valence-electron chi connectivity index (χ3n) is 4.13. The van der Waals surface area contributed by atoms with Crippen molar-refractivity contribution in [1.29, 1.82) is 0 Å². The number of unbranched alkanes of at least 4 members (excludes halogenated alkanes) is 1. The smallest absolute Gasteiger partial charge is 0.191 e. The molecule has 0 saturated heterocycles. The van der Waals surface area contributed by atoms with E-state index in [1.807, 2.05) is 13.8 Å². The molecule has 0 aliphatic rings. The lowest BCUT2D eigenvalue weighted by molar-refractivity contribution is 0.220. The van der Waals surface area contributed by atoms with Crippen LogP contribution in [0.1, 0.15) is 40.5 Å². The largest absolute Gasteiger partial charge is 0.486 e. The Bertz CT molecular complexity index is 536. The van der Waals surface area contributed by atoms with Crippen molar-refractivity contribution in [1.82, 2.24) is 15.5 Å². The van der Waals surface area contributed by atoms with E-state index in [9.17, 15) is 4.39 Å². The van der Waals surface area contributed by atoms with Gasteiger partial charge in [-0.1, -0.05) is 12.1 Å². The molecule has 1 atom stereocenters. The summed E-state index contributed by atoms with van der Waals surface area (Å²) in [6.45, 7) is 11.6. The Morgan fingerprint density at radius 1 is 1.19 bits per heavy atom. The van der Waals surface area contributed by atoms with Crippen LogP contribution in [0.25, 0.3) is 0 Å². The molecule has 1 unspecified atom stereocenters. The molecule has 148 valence electrons. The molecular weight excluding hydrogens is 331 g/mol. The van der Waals surface area contributed by atoms with Crippen molar-refractivity contribution >= 4 is 5.96 Å². The van der Waals surface area contributed by atoms with E-state index in [4.69, 9.17) is 4.74 Å². The minimum atomic E-state index is -0.347. The second kappa shape index (κ2) is 12.5.